The third-order valence-electron chi connectivity index (χ3n) is 5.71. The minimum absolute atomic E-state index is 0.151. The standard InChI is InChI=1S/C23H31N3O3S/c1-5-26(17-9-11-29-12-10-17)20-8-6-7-18(16(20)3)22(27)24-14-19-21(30-4)13-15(2)25-23(19)28/h6-8,13,17H,5,9-12,14H2,1-4H3,(H,24,27)(H,25,28). The highest BCUT2D eigenvalue weighted by atomic mass is 32.2. The lowest BCUT2D eigenvalue weighted by Crippen LogP contribution is -2.40. The van der Waals surface area contributed by atoms with Gasteiger partial charge in [-0.05, 0) is 63.6 Å². The molecule has 0 spiro atoms. The lowest BCUT2D eigenvalue weighted by atomic mass is 10.0. The van der Waals surface area contributed by atoms with E-state index in [1.807, 2.05) is 38.3 Å². The molecule has 162 valence electrons. The van der Waals surface area contributed by atoms with Crippen LogP contribution in [0.5, 0.6) is 0 Å². The summed E-state index contributed by atoms with van der Waals surface area (Å²) in [6, 6.07) is 8.23. The van der Waals surface area contributed by atoms with Crippen LogP contribution in [-0.4, -0.2) is 42.9 Å². The van der Waals surface area contributed by atoms with Crippen LogP contribution < -0.4 is 15.8 Å². The van der Waals surface area contributed by atoms with Gasteiger partial charge in [0.2, 0.25) is 0 Å². The number of aromatic amines is 1. The van der Waals surface area contributed by atoms with Gasteiger partial charge in [-0.25, -0.2) is 0 Å². The molecule has 1 amide bonds. The summed E-state index contributed by atoms with van der Waals surface area (Å²) in [5, 5.41) is 2.94. The monoisotopic (exact) mass is 429 g/mol. The molecule has 2 N–H and O–H groups in total. The Bertz CT molecular complexity index is 951. The Hall–Kier alpha value is -2.25. The van der Waals surface area contributed by atoms with E-state index in [4.69, 9.17) is 4.74 Å². The third kappa shape index (κ3) is 4.90. The van der Waals surface area contributed by atoms with Crippen LogP contribution in [0.1, 0.15) is 46.9 Å². The van der Waals surface area contributed by atoms with Crippen molar-refractivity contribution in [3.05, 3.63) is 57.0 Å². The van der Waals surface area contributed by atoms with Crippen molar-refractivity contribution in [1.82, 2.24) is 10.3 Å². The highest BCUT2D eigenvalue weighted by Crippen LogP contribution is 2.28. The lowest BCUT2D eigenvalue weighted by Gasteiger charge is -2.36. The Morgan fingerprint density at radius 2 is 2.03 bits per heavy atom. The van der Waals surface area contributed by atoms with Crippen molar-refractivity contribution in [3.8, 4) is 0 Å². The van der Waals surface area contributed by atoms with Crippen LogP contribution in [0.15, 0.2) is 34.0 Å². The summed E-state index contributed by atoms with van der Waals surface area (Å²) in [6.07, 6.45) is 3.93. The average molecular weight is 430 g/mol. The Labute approximate surface area is 182 Å². The highest BCUT2D eigenvalue weighted by molar-refractivity contribution is 7.98. The van der Waals surface area contributed by atoms with E-state index in [9.17, 15) is 9.59 Å². The predicted octanol–water partition coefficient (Wildman–Crippen LogP) is 3.65. The molecule has 2 heterocycles. The van der Waals surface area contributed by atoms with E-state index in [1.165, 1.54) is 11.8 Å². The maximum absolute atomic E-state index is 13.0. The van der Waals surface area contributed by atoms with Crippen molar-refractivity contribution >= 4 is 23.4 Å². The van der Waals surface area contributed by atoms with Crippen molar-refractivity contribution in [1.29, 1.82) is 0 Å². The Kier molecular flexibility index (Phi) is 7.61. The van der Waals surface area contributed by atoms with Gasteiger partial charge >= 0.3 is 0 Å². The SMILES string of the molecule is CCN(c1cccc(C(=O)NCc2c(SC)cc(C)[nH]c2=O)c1C)C1CCOCC1. The molecule has 2 aromatic rings. The average Bonchev–Trinajstić information content (AvgIpc) is 2.74. The Balaban J connectivity index is 1.80. The molecule has 0 unspecified atom stereocenters. The molecular weight excluding hydrogens is 398 g/mol. The van der Waals surface area contributed by atoms with Crippen molar-refractivity contribution in [2.45, 2.75) is 51.1 Å². The van der Waals surface area contributed by atoms with Gasteiger partial charge in [-0.15, -0.1) is 11.8 Å². The fourth-order valence-corrected chi connectivity index (χ4v) is 4.81. The zero-order valence-electron chi connectivity index (χ0n) is 18.2. The second kappa shape index (κ2) is 10.2. The van der Waals surface area contributed by atoms with E-state index >= 15 is 0 Å². The molecule has 1 aliphatic heterocycles. The fourth-order valence-electron chi connectivity index (χ4n) is 4.10. The summed E-state index contributed by atoms with van der Waals surface area (Å²) >= 11 is 1.51. The fraction of sp³-hybridized carbons (Fsp3) is 0.478. The number of amides is 1. The van der Waals surface area contributed by atoms with E-state index in [0.717, 1.165) is 54.4 Å². The van der Waals surface area contributed by atoms with Gasteiger partial charge in [0.25, 0.3) is 11.5 Å². The molecule has 0 aliphatic carbocycles. The number of benzene rings is 1. The Morgan fingerprint density at radius 1 is 1.30 bits per heavy atom. The minimum Gasteiger partial charge on any atom is -0.381 e. The van der Waals surface area contributed by atoms with Crippen LogP contribution in [0.25, 0.3) is 0 Å². The number of hydrogen-bond donors (Lipinski definition) is 2. The summed E-state index contributed by atoms with van der Waals surface area (Å²) in [5.41, 5.74) is 3.96. The van der Waals surface area contributed by atoms with Gasteiger partial charge in [0, 0.05) is 59.7 Å². The summed E-state index contributed by atoms with van der Waals surface area (Å²) < 4.78 is 5.51. The van der Waals surface area contributed by atoms with Gasteiger partial charge in [0.05, 0.1) is 0 Å². The molecule has 0 radical (unpaired) electrons. The van der Waals surface area contributed by atoms with Gasteiger partial charge in [0.15, 0.2) is 0 Å². The van der Waals surface area contributed by atoms with E-state index in [1.54, 1.807) is 0 Å². The number of anilines is 1. The lowest BCUT2D eigenvalue weighted by molar-refractivity contribution is 0.0846. The molecule has 30 heavy (non-hydrogen) atoms. The molecule has 1 aliphatic rings. The molecule has 7 heteroatoms. The van der Waals surface area contributed by atoms with Crippen LogP contribution in [0.4, 0.5) is 5.69 Å². The maximum atomic E-state index is 13.0. The van der Waals surface area contributed by atoms with Crippen molar-refractivity contribution in [3.63, 3.8) is 0 Å². The summed E-state index contributed by atoms with van der Waals surface area (Å²) in [5.74, 6) is -0.163. The predicted molar refractivity (Wildman–Crippen MR) is 123 cm³/mol. The number of thioether (sulfide) groups is 1. The number of carbonyl (C=O) groups is 1. The number of carbonyl (C=O) groups excluding carboxylic acids is 1. The number of aromatic nitrogens is 1. The van der Waals surface area contributed by atoms with E-state index in [0.29, 0.717) is 17.2 Å². The minimum atomic E-state index is -0.163. The first kappa shape index (κ1) is 22.4. The van der Waals surface area contributed by atoms with E-state index in [2.05, 4.69) is 28.2 Å². The highest BCUT2D eigenvalue weighted by Gasteiger charge is 2.23. The van der Waals surface area contributed by atoms with Gasteiger partial charge in [-0.2, -0.15) is 0 Å². The van der Waals surface area contributed by atoms with Crippen molar-refractivity contribution in [2.24, 2.45) is 0 Å². The second-order valence-corrected chi connectivity index (χ2v) is 8.44. The molecule has 6 nitrogen and oxygen atoms in total. The zero-order chi connectivity index (χ0) is 21.7. The van der Waals surface area contributed by atoms with Crippen LogP contribution in [0.3, 0.4) is 0 Å². The van der Waals surface area contributed by atoms with Crippen LogP contribution in [-0.2, 0) is 11.3 Å². The number of nitrogens with one attached hydrogen (secondary N) is 2. The Morgan fingerprint density at radius 3 is 2.70 bits per heavy atom. The van der Waals surface area contributed by atoms with Crippen molar-refractivity contribution in [2.75, 3.05) is 30.9 Å². The largest absolute Gasteiger partial charge is 0.381 e. The molecule has 0 bridgehead atoms. The summed E-state index contributed by atoms with van der Waals surface area (Å²) in [7, 11) is 0. The third-order valence-corrected chi connectivity index (χ3v) is 6.51. The zero-order valence-corrected chi connectivity index (χ0v) is 19.0. The maximum Gasteiger partial charge on any atom is 0.254 e. The number of nitrogens with zero attached hydrogens (tertiary/aromatic N) is 1. The van der Waals surface area contributed by atoms with Crippen LogP contribution in [0, 0.1) is 13.8 Å². The summed E-state index contributed by atoms with van der Waals surface area (Å²) in [4.78, 5) is 31.4. The van der Waals surface area contributed by atoms with Gasteiger partial charge in [-0.1, -0.05) is 6.07 Å². The van der Waals surface area contributed by atoms with Crippen LogP contribution >= 0.6 is 11.8 Å². The molecular formula is C23H31N3O3S. The van der Waals surface area contributed by atoms with Gasteiger partial charge in [0.1, 0.15) is 0 Å². The number of hydrogen-bond acceptors (Lipinski definition) is 5. The smallest absolute Gasteiger partial charge is 0.254 e. The first-order valence-corrected chi connectivity index (χ1v) is 11.7. The first-order chi connectivity index (χ1) is 14.5. The molecule has 0 atom stereocenters. The number of rotatable bonds is 7. The van der Waals surface area contributed by atoms with E-state index < -0.39 is 0 Å². The molecule has 1 saturated heterocycles. The number of aryl methyl sites for hydroxylation is 1. The number of ether oxygens (including phenoxy) is 1. The van der Waals surface area contributed by atoms with Crippen LogP contribution in [0.2, 0.25) is 0 Å². The molecule has 1 fully saturated rings. The van der Waals surface area contributed by atoms with Gasteiger partial charge in [-0.3, -0.25) is 9.59 Å². The number of H-pyrrole nitrogens is 1. The first-order valence-electron chi connectivity index (χ1n) is 10.4. The topological polar surface area (TPSA) is 74.4 Å². The quantitative estimate of drug-likeness (QED) is 0.657. The normalized spacial score (nSPS) is 14.5. The number of pyridine rings is 1. The molecule has 3 rings (SSSR count). The molecule has 1 aromatic carbocycles. The van der Waals surface area contributed by atoms with E-state index in [-0.39, 0.29) is 18.0 Å². The summed E-state index contributed by atoms with van der Waals surface area (Å²) in [6.45, 7) is 8.65. The van der Waals surface area contributed by atoms with Crippen molar-refractivity contribution < 1.29 is 9.53 Å². The second-order valence-electron chi connectivity index (χ2n) is 7.59. The molecule has 0 saturated carbocycles. The molecule has 1 aromatic heterocycles. The van der Waals surface area contributed by atoms with Gasteiger partial charge < -0.3 is 19.9 Å².